The van der Waals surface area contributed by atoms with Gasteiger partial charge in [0.15, 0.2) is 0 Å². The first-order valence-corrected chi connectivity index (χ1v) is 7.14. The number of hydrogen-bond donors (Lipinski definition) is 1. The molecule has 0 heterocycles. The Morgan fingerprint density at radius 1 is 1.40 bits per heavy atom. The van der Waals surface area contributed by atoms with Gasteiger partial charge in [0.1, 0.15) is 0 Å². The third kappa shape index (κ3) is 3.18. The van der Waals surface area contributed by atoms with E-state index in [9.17, 15) is 4.79 Å². The number of rotatable bonds is 2. The predicted octanol–water partition coefficient (Wildman–Crippen LogP) is 3.50. The highest BCUT2D eigenvalue weighted by Gasteiger charge is 2.30. The standard InChI is InChI=1S/C16H22N2O2/c1-4-20-15(19)18-17-14-13-10-6-5-8-12(13)9-7-11-16(14,2)3/h5-6,8,10H,4,7,9,11H2,1-3H3,(H,18,19)/b17-14-. The van der Waals surface area contributed by atoms with Crippen LogP contribution in [-0.2, 0) is 11.2 Å². The van der Waals surface area contributed by atoms with E-state index in [1.54, 1.807) is 6.92 Å². The fourth-order valence-electron chi connectivity index (χ4n) is 2.65. The summed E-state index contributed by atoms with van der Waals surface area (Å²) in [7, 11) is 0. The van der Waals surface area contributed by atoms with Gasteiger partial charge < -0.3 is 4.74 Å². The zero-order valence-corrected chi connectivity index (χ0v) is 12.4. The Morgan fingerprint density at radius 3 is 2.90 bits per heavy atom. The molecule has 4 nitrogen and oxygen atoms in total. The molecule has 0 unspecified atom stereocenters. The number of ether oxygens (including phenoxy) is 1. The second-order valence-corrected chi connectivity index (χ2v) is 5.69. The SMILES string of the molecule is CCOC(=O)N/N=C1/c2ccccc2CCCC1(C)C. The lowest BCUT2D eigenvalue weighted by molar-refractivity contribution is 0.152. The number of nitrogens with zero attached hydrogens (tertiary/aromatic N) is 1. The van der Waals surface area contributed by atoms with Gasteiger partial charge in [-0.1, -0.05) is 38.1 Å². The van der Waals surface area contributed by atoms with E-state index in [0.29, 0.717) is 6.61 Å². The Hall–Kier alpha value is -1.84. The molecule has 2 rings (SSSR count). The summed E-state index contributed by atoms with van der Waals surface area (Å²) >= 11 is 0. The van der Waals surface area contributed by atoms with E-state index in [2.05, 4.69) is 36.5 Å². The van der Waals surface area contributed by atoms with Crippen molar-refractivity contribution in [2.75, 3.05) is 6.61 Å². The number of benzene rings is 1. The van der Waals surface area contributed by atoms with E-state index >= 15 is 0 Å². The zero-order chi connectivity index (χ0) is 14.6. The molecule has 0 fully saturated rings. The molecule has 0 aliphatic heterocycles. The molecule has 1 N–H and O–H groups in total. The van der Waals surface area contributed by atoms with Crippen LogP contribution in [0.4, 0.5) is 4.79 Å². The van der Waals surface area contributed by atoms with Crippen molar-refractivity contribution >= 4 is 11.8 Å². The molecule has 1 amide bonds. The molecule has 0 atom stereocenters. The zero-order valence-electron chi connectivity index (χ0n) is 12.4. The molecule has 1 aliphatic rings. The van der Waals surface area contributed by atoms with Gasteiger partial charge in [0.2, 0.25) is 0 Å². The maximum atomic E-state index is 11.5. The molecule has 0 radical (unpaired) electrons. The number of nitrogens with one attached hydrogen (secondary N) is 1. The quantitative estimate of drug-likeness (QED) is 0.663. The highest BCUT2D eigenvalue weighted by molar-refractivity contribution is 6.06. The summed E-state index contributed by atoms with van der Waals surface area (Å²) in [4.78, 5) is 11.5. The number of aryl methyl sites for hydroxylation is 1. The largest absolute Gasteiger partial charge is 0.449 e. The molecule has 20 heavy (non-hydrogen) atoms. The third-order valence-electron chi connectivity index (χ3n) is 3.70. The lowest BCUT2D eigenvalue weighted by Gasteiger charge is -2.25. The van der Waals surface area contributed by atoms with Crippen molar-refractivity contribution in [3.63, 3.8) is 0 Å². The molecule has 0 aromatic heterocycles. The van der Waals surface area contributed by atoms with Crippen LogP contribution in [0.2, 0.25) is 0 Å². The van der Waals surface area contributed by atoms with Gasteiger partial charge in [-0.25, -0.2) is 10.2 Å². The van der Waals surface area contributed by atoms with Crippen LogP contribution in [0.1, 0.15) is 44.7 Å². The summed E-state index contributed by atoms with van der Waals surface area (Å²) in [5.74, 6) is 0. The van der Waals surface area contributed by atoms with E-state index < -0.39 is 6.09 Å². The summed E-state index contributed by atoms with van der Waals surface area (Å²) < 4.78 is 4.86. The highest BCUT2D eigenvalue weighted by atomic mass is 16.5. The second-order valence-electron chi connectivity index (χ2n) is 5.69. The molecule has 4 heteroatoms. The van der Waals surface area contributed by atoms with E-state index in [1.165, 1.54) is 5.56 Å². The Balaban J connectivity index is 2.35. The number of fused-ring (bicyclic) bond motifs is 1. The van der Waals surface area contributed by atoms with Crippen molar-refractivity contribution in [3.8, 4) is 0 Å². The van der Waals surface area contributed by atoms with Crippen molar-refractivity contribution in [2.45, 2.75) is 40.0 Å². The Labute approximate surface area is 120 Å². The third-order valence-corrected chi connectivity index (χ3v) is 3.70. The van der Waals surface area contributed by atoms with Crippen molar-refractivity contribution in [3.05, 3.63) is 35.4 Å². The number of carbonyl (C=O) groups is 1. The van der Waals surface area contributed by atoms with Crippen LogP contribution in [0.25, 0.3) is 0 Å². The Kier molecular flexibility index (Phi) is 4.42. The van der Waals surface area contributed by atoms with Crippen molar-refractivity contribution < 1.29 is 9.53 Å². The van der Waals surface area contributed by atoms with Gasteiger partial charge in [-0.15, -0.1) is 0 Å². The average molecular weight is 274 g/mol. The maximum Gasteiger partial charge on any atom is 0.427 e. The van der Waals surface area contributed by atoms with Crippen LogP contribution in [0.15, 0.2) is 29.4 Å². The molecule has 0 spiro atoms. The van der Waals surface area contributed by atoms with Gasteiger partial charge in [-0.2, -0.15) is 5.10 Å². The van der Waals surface area contributed by atoms with Gasteiger partial charge in [-0.05, 0) is 31.7 Å². The van der Waals surface area contributed by atoms with Crippen LogP contribution in [0.5, 0.6) is 0 Å². The lowest BCUT2D eigenvalue weighted by Crippen LogP contribution is -2.29. The summed E-state index contributed by atoms with van der Waals surface area (Å²) in [5, 5.41) is 4.35. The fraction of sp³-hybridized carbons (Fsp3) is 0.500. The van der Waals surface area contributed by atoms with Crippen molar-refractivity contribution in [1.82, 2.24) is 5.43 Å². The maximum absolute atomic E-state index is 11.5. The highest BCUT2D eigenvalue weighted by Crippen LogP contribution is 2.34. The minimum Gasteiger partial charge on any atom is -0.449 e. The topological polar surface area (TPSA) is 50.7 Å². The van der Waals surface area contributed by atoms with Gasteiger partial charge >= 0.3 is 6.09 Å². The monoisotopic (exact) mass is 274 g/mol. The molecule has 1 aliphatic carbocycles. The summed E-state index contributed by atoms with van der Waals surface area (Å²) in [6.07, 6.45) is 2.73. The molecule has 1 aromatic rings. The summed E-state index contributed by atoms with van der Waals surface area (Å²) in [5.41, 5.74) is 5.80. The summed E-state index contributed by atoms with van der Waals surface area (Å²) in [6.45, 7) is 6.45. The molecular formula is C16H22N2O2. The molecule has 0 saturated heterocycles. The van der Waals surface area contributed by atoms with Crippen LogP contribution in [0.3, 0.4) is 0 Å². The normalized spacial score (nSPS) is 19.1. The first-order chi connectivity index (χ1) is 9.54. The van der Waals surface area contributed by atoms with Crippen LogP contribution in [0, 0.1) is 5.41 Å². The number of hydrogen-bond acceptors (Lipinski definition) is 3. The minimum atomic E-state index is -0.502. The Bertz CT molecular complexity index is 521. The number of amides is 1. The number of carbonyl (C=O) groups excluding carboxylic acids is 1. The van der Waals surface area contributed by atoms with Crippen LogP contribution < -0.4 is 5.43 Å². The van der Waals surface area contributed by atoms with Gasteiger partial charge in [-0.3, -0.25) is 0 Å². The first-order valence-electron chi connectivity index (χ1n) is 7.14. The summed E-state index contributed by atoms with van der Waals surface area (Å²) in [6, 6.07) is 8.28. The van der Waals surface area contributed by atoms with Crippen LogP contribution >= 0.6 is 0 Å². The van der Waals surface area contributed by atoms with Crippen molar-refractivity contribution in [2.24, 2.45) is 10.5 Å². The lowest BCUT2D eigenvalue weighted by atomic mass is 9.81. The van der Waals surface area contributed by atoms with E-state index in [0.717, 1.165) is 30.5 Å². The van der Waals surface area contributed by atoms with E-state index in [4.69, 9.17) is 4.74 Å². The van der Waals surface area contributed by atoms with Gasteiger partial charge in [0.05, 0.1) is 12.3 Å². The predicted molar refractivity (Wildman–Crippen MR) is 79.9 cm³/mol. The molecule has 1 aromatic carbocycles. The smallest absolute Gasteiger partial charge is 0.427 e. The molecule has 108 valence electrons. The number of hydrazone groups is 1. The minimum absolute atomic E-state index is 0.0634. The fourth-order valence-corrected chi connectivity index (χ4v) is 2.65. The Morgan fingerprint density at radius 2 is 2.15 bits per heavy atom. The first kappa shape index (κ1) is 14.6. The second kappa shape index (κ2) is 6.07. The van der Waals surface area contributed by atoms with E-state index in [1.807, 2.05) is 12.1 Å². The molecule has 0 saturated carbocycles. The molecule has 0 bridgehead atoms. The van der Waals surface area contributed by atoms with Crippen molar-refractivity contribution in [1.29, 1.82) is 0 Å². The van der Waals surface area contributed by atoms with Gasteiger partial charge in [0.25, 0.3) is 0 Å². The van der Waals surface area contributed by atoms with Crippen LogP contribution in [-0.4, -0.2) is 18.4 Å². The van der Waals surface area contributed by atoms with E-state index in [-0.39, 0.29) is 5.41 Å². The average Bonchev–Trinajstić information content (AvgIpc) is 2.52. The molecular weight excluding hydrogens is 252 g/mol. The van der Waals surface area contributed by atoms with Gasteiger partial charge in [0, 0.05) is 11.0 Å².